The third-order valence-electron chi connectivity index (χ3n) is 6.65. The van der Waals surface area contributed by atoms with Gasteiger partial charge in [-0.25, -0.2) is 0 Å². The van der Waals surface area contributed by atoms with Crippen LogP contribution < -0.4 is 16.4 Å². The highest BCUT2D eigenvalue weighted by molar-refractivity contribution is 5.94. The fourth-order valence-electron chi connectivity index (χ4n) is 4.46. The van der Waals surface area contributed by atoms with Crippen LogP contribution in [0.4, 0.5) is 0 Å². The van der Waals surface area contributed by atoms with E-state index in [0.717, 1.165) is 37.7 Å². The zero-order valence-corrected chi connectivity index (χ0v) is 24.4. The zero-order chi connectivity index (χ0) is 29.4. The molecule has 0 saturated carbocycles. The van der Waals surface area contributed by atoms with Crippen LogP contribution in [0.5, 0.6) is 0 Å². The molecule has 0 aliphatic carbocycles. The summed E-state index contributed by atoms with van der Waals surface area (Å²) < 4.78 is 0. The maximum Gasteiger partial charge on any atom is 0.240 e. The van der Waals surface area contributed by atoms with E-state index in [1.54, 1.807) is 13.0 Å². The summed E-state index contributed by atoms with van der Waals surface area (Å²) in [7, 11) is 0. The van der Waals surface area contributed by atoms with Gasteiger partial charge in [-0.15, -0.1) is 0 Å². The molecule has 0 fully saturated rings. The molecule has 1 aromatic carbocycles. The maximum absolute atomic E-state index is 13.4. The molecule has 0 radical (unpaired) electrons. The summed E-state index contributed by atoms with van der Waals surface area (Å²) >= 11 is 0. The highest BCUT2D eigenvalue weighted by Gasteiger charge is 2.30. The number of rotatable bonds is 19. The molecule has 2 unspecified atom stereocenters. The molecule has 0 aliphatic heterocycles. The lowest BCUT2D eigenvalue weighted by atomic mass is 9.89. The molecule has 0 saturated heterocycles. The van der Waals surface area contributed by atoms with Crippen LogP contribution in [-0.4, -0.2) is 46.3 Å². The minimum absolute atomic E-state index is 0.130. The van der Waals surface area contributed by atoms with Crippen molar-refractivity contribution in [2.75, 3.05) is 0 Å². The van der Waals surface area contributed by atoms with E-state index in [0.29, 0.717) is 12.8 Å². The van der Waals surface area contributed by atoms with Crippen molar-refractivity contribution in [2.45, 2.75) is 110 Å². The van der Waals surface area contributed by atoms with Gasteiger partial charge in [0.1, 0.15) is 12.1 Å². The van der Waals surface area contributed by atoms with E-state index in [-0.39, 0.29) is 24.5 Å². The van der Waals surface area contributed by atoms with Crippen LogP contribution in [0.1, 0.15) is 91.5 Å². The highest BCUT2D eigenvalue weighted by atomic mass is 16.3. The minimum atomic E-state index is -1.13. The van der Waals surface area contributed by atoms with E-state index in [2.05, 4.69) is 17.6 Å². The molecule has 39 heavy (non-hydrogen) atoms. The van der Waals surface area contributed by atoms with Crippen LogP contribution in [0, 0.1) is 11.8 Å². The second-order valence-electron chi connectivity index (χ2n) is 11.2. The van der Waals surface area contributed by atoms with Gasteiger partial charge in [0.25, 0.3) is 0 Å². The Kier molecular flexibility index (Phi) is 15.3. The Morgan fingerprint density at radius 2 is 1.67 bits per heavy atom. The Labute approximate surface area is 234 Å². The van der Waals surface area contributed by atoms with Gasteiger partial charge < -0.3 is 21.5 Å². The van der Waals surface area contributed by atoms with Gasteiger partial charge in [-0.2, -0.15) is 0 Å². The van der Waals surface area contributed by atoms with Crippen molar-refractivity contribution in [1.82, 2.24) is 10.6 Å². The molecular formula is C31H49N3O5. The molecule has 0 aromatic heterocycles. The molecule has 218 valence electrons. The number of nitrogens with one attached hydrogen (secondary N) is 2. The van der Waals surface area contributed by atoms with Gasteiger partial charge in [0.2, 0.25) is 17.7 Å². The summed E-state index contributed by atoms with van der Waals surface area (Å²) in [5, 5.41) is 16.2. The average molecular weight is 544 g/mol. The van der Waals surface area contributed by atoms with E-state index >= 15 is 0 Å². The Morgan fingerprint density at radius 3 is 2.23 bits per heavy atom. The van der Waals surface area contributed by atoms with E-state index < -0.39 is 41.3 Å². The van der Waals surface area contributed by atoms with Gasteiger partial charge in [-0.3, -0.25) is 19.2 Å². The number of aliphatic hydroxyl groups is 1. The summed E-state index contributed by atoms with van der Waals surface area (Å²) in [5.74, 6) is -2.48. The minimum Gasteiger partial charge on any atom is -0.386 e. The van der Waals surface area contributed by atoms with E-state index in [1.807, 2.05) is 44.2 Å². The summed E-state index contributed by atoms with van der Waals surface area (Å²) in [5.41, 5.74) is 5.26. The summed E-state index contributed by atoms with van der Waals surface area (Å²) in [6.45, 7) is 9.00. The van der Waals surface area contributed by atoms with Gasteiger partial charge in [0.15, 0.2) is 5.78 Å². The smallest absolute Gasteiger partial charge is 0.240 e. The number of primary amides is 1. The lowest BCUT2D eigenvalue weighted by molar-refractivity contribution is -0.133. The lowest BCUT2D eigenvalue weighted by Gasteiger charge is -2.24. The number of Topliss-reactive ketones (excluding diaryl/α,β-unsaturated/α-hetero) is 1. The largest absolute Gasteiger partial charge is 0.386 e. The van der Waals surface area contributed by atoms with Crippen LogP contribution in [0.15, 0.2) is 42.5 Å². The Hall–Kier alpha value is -3.00. The lowest BCUT2D eigenvalue weighted by Crippen LogP contribution is -2.48. The summed E-state index contributed by atoms with van der Waals surface area (Å²) in [6.07, 6.45) is 9.39. The van der Waals surface area contributed by atoms with Crippen LogP contribution >= 0.6 is 0 Å². The number of hydrogen-bond acceptors (Lipinski definition) is 5. The van der Waals surface area contributed by atoms with E-state index in [9.17, 15) is 24.3 Å². The van der Waals surface area contributed by atoms with E-state index in [1.165, 1.54) is 13.0 Å². The van der Waals surface area contributed by atoms with Crippen molar-refractivity contribution in [3.63, 3.8) is 0 Å². The monoisotopic (exact) mass is 543 g/mol. The molecule has 8 heteroatoms. The molecule has 1 rings (SSSR count). The van der Waals surface area contributed by atoms with Crippen molar-refractivity contribution in [1.29, 1.82) is 0 Å². The number of amides is 3. The SMILES string of the molecule is CCCCCCCC(C)(O)/C=C/C(NC(C)=O)C(=O)C[C@@H](Cc1ccccc1)C(=O)N[C@@H](CC(C)C)C(N)=O. The number of nitrogens with two attached hydrogens (primary N) is 1. The number of unbranched alkanes of at least 4 members (excludes halogenated alkanes) is 4. The number of ketones is 1. The highest BCUT2D eigenvalue weighted by Crippen LogP contribution is 2.19. The molecular weight excluding hydrogens is 494 g/mol. The van der Waals surface area contributed by atoms with Gasteiger partial charge in [-0.05, 0) is 37.7 Å². The predicted molar refractivity (Wildman–Crippen MR) is 155 cm³/mol. The first-order chi connectivity index (χ1) is 18.3. The second-order valence-corrected chi connectivity index (χ2v) is 11.2. The van der Waals surface area contributed by atoms with Crippen molar-refractivity contribution >= 4 is 23.5 Å². The van der Waals surface area contributed by atoms with Gasteiger partial charge in [0, 0.05) is 19.3 Å². The fraction of sp³-hybridized carbons (Fsp3) is 0.613. The van der Waals surface area contributed by atoms with Crippen LogP contribution in [0.3, 0.4) is 0 Å². The second kappa shape index (κ2) is 17.6. The number of carbonyl (C=O) groups excluding carboxylic acids is 4. The Balaban J connectivity index is 3.08. The predicted octanol–water partition coefficient (Wildman–Crippen LogP) is 3.99. The van der Waals surface area contributed by atoms with Crippen molar-refractivity contribution in [3.05, 3.63) is 48.0 Å². The van der Waals surface area contributed by atoms with Crippen LogP contribution in [-0.2, 0) is 25.6 Å². The third kappa shape index (κ3) is 14.7. The first-order valence-electron chi connectivity index (χ1n) is 14.2. The Morgan fingerprint density at radius 1 is 1.03 bits per heavy atom. The first kappa shape index (κ1) is 34.0. The molecule has 3 amide bonds. The zero-order valence-electron chi connectivity index (χ0n) is 24.4. The first-order valence-corrected chi connectivity index (χ1v) is 14.2. The van der Waals surface area contributed by atoms with Gasteiger partial charge in [-0.1, -0.05) is 95.4 Å². The summed E-state index contributed by atoms with van der Waals surface area (Å²) in [4.78, 5) is 50.6. The molecule has 0 aliphatic rings. The molecule has 1 aromatic rings. The van der Waals surface area contributed by atoms with Gasteiger partial charge >= 0.3 is 0 Å². The fourth-order valence-corrected chi connectivity index (χ4v) is 4.46. The third-order valence-corrected chi connectivity index (χ3v) is 6.65. The standard InChI is InChI=1S/C31H49N3O5/c1-6-7-8-9-13-17-31(5,39)18-16-26(33-23(4)35)28(36)21-25(20-24-14-11-10-12-15-24)30(38)34-27(29(32)37)19-22(2)3/h10-12,14-16,18,22,25-27,39H,6-9,13,17,19-21H2,1-5H3,(H2,32,37)(H,33,35)(H,34,38)/b18-16+/t25-,26?,27+,31?/m1/s1. The van der Waals surface area contributed by atoms with Crippen molar-refractivity contribution < 1.29 is 24.3 Å². The number of benzene rings is 1. The maximum atomic E-state index is 13.4. The molecule has 4 atom stereocenters. The normalized spacial score (nSPS) is 15.4. The molecule has 5 N–H and O–H groups in total. The van der Waals surface area contributed by atoms with Crippen LogP contribution in [0.25, 0.3) is 0 Å². The molecule has 8 nitrogen and oxygen atoms in total. The molecule has 0 bridgehead atoms. The average Bonchev–Trinajstić information content (AvgIpc) is 2.85. The van der Waals surface area contributed by atoms with Crippen LogP contribution in [0.2, 0.25) is 0 Å². The molecule has 0 heterocycles. The number of hydrogen-bond donors (Lipinski definition) is 4. The van der Waals surface area contributed by atoms with Gasteiger partial charge in [0.05, 0.1) is 5.60 Å². The topological polar surface area (TPSA) is 139 Å². The van der Waals surface area contributed by atoms with Crippen molar-refractivity contribution in [3.8, 4) is 0 Å². The quantitative estimate of drug-likeness (QED) is 0.154. The Bertz CT molecular complexity index is 943. The number of carbonyl (C=O) groups is 4. The molecule has 0 spiro atoms. The van der Waals surface area contributed by atoms with Crippen molar-refractivity contribution in [2.24, 2.45) is 17.6 Å². The summed E-state index contributed by atoms with van der Waals surface area (Å²) in [6, 6.07) is 7.46. The van der Waals surface area contributed by atoms with E-state index in [4.69, 9.17) is 5.73 Å².